The van der Waals surface area contributed by atoms with E-state index < -0.39 is 12.0 Å². The topological polar surface area (TPSA) is 71.3 Å². The van der Waals surface area contributed by atoms with Gasteiger partial charge >= 0.3 is 5.97 Å². The molecule has 0 aliphatic carbocycles. The average molecular weight is 210 g/mol. The summed E-state index contributed by atoms with van der Waals surface area (Å²) in [5.74, 6) is -1.02. The molecule has 0 spiro atoms. The Bertz CT molecular complexity index is 437. The van der Waals surface area contributed by atoms with Gasteiger partial charge < -0.3 is 10.4 Å². The van der Waals surface area contributed by atoms with Crippen molar-refractivity contribution in [3.05, 3.63) is 28.2 Å². The van der Waals surface area contributed by atoms with Crippen molar-refractivity contribution in [2.24, 2.45) is 0 Å². The summed E-state index contributed by atoms with van der Waals surface area (Å²) in [4.78, 5) is 22.6. The van der Waals surface area contributed by atoms with Crippen molar-refractivity contribution in [2.45, 2.75) is 19.9 Å². The number of aliphatic carboxylic acids is 1. The Balaban J connectivity index is 3.39. The van der Waals surface area contributed by atoms with Crippen LogP contribution in [-0.4, -0.2) is 22.7 Å². The second-order valence-corrected chi connectivity index (χ2v) is 3.33. The van der Waals surface area contributed by atoms with Gasteiger partial charge in [-0.1, -0.05) is 0 Å². The fourth-order valence-corrected chi connectivity index (χ4v) is 1.43. The molecule has 1 unspecified atom stereocenters. The van der Waals surface area contributed by atoms with E-state index in [1.54, 1.807) is 26.1 Å². The SMILES string of the molecule is CNc1ccc(C)n(C(C)C(=O)O)c1=O. The first-order chi connectivity index (χ1) is 6.99. The Labute approximate surface area is 87.4 Å². The number of pyridine rings is 1. The first-order valence-corrected chi connectivity index (χ1v) is 4.61. The number of aromatic nitrogens is 1. The van der Waals surface area contributed by atoms with Crippen LogP contribution in [0.4, 0.5) is 5.69 Å². The summed E-state index contributed by atoms with van der Waals surface area (Å²) in [7, 11) is 1.63. The maximum Gasteiger partial charge on any atom is 0.326 e. The summed E-state index contributed by atoms with van der Waals surface area (Å²) < 4.78 is 1.26. The van der Waals surface area contributed by atoms with Crippen LogP contribution in [0.2, 0.25) is 0 Å². The van der Waals surface area contributed by atoms with Crippen molar-refractivity contribution in [1.29, 1.82) is 0 Å². The summed E-state index contributed by atoms with van der Waals surface area (Å²) in [6.45, 7) is 3.19. The van der Waals surface area contributed by atoms with Gasteiger partial charge in [-0.3, -0.25) is 9.36 Å². The van der Waals surface area contributed by atoms with Gasteiger partial charge in [0.05, 0.1) is 0 Å². The normalized spacial score (nSPS) is 12.2. The highest BCUT2D eigenvalue weighted by molar-refractivity contribution is 5.71. The van der Waals surface area contributed by atoms with Crippen LogP contribution in [0.5, 0.6) is 0 Å². The zero-order valence-electron chi connectivity index (χ0n) is 8.94. The van der Waals surface area contributed by atoms with Gasteiger partial charge in [-0.2, -0.15) is 0 Å². The number of rotatable bonds is 3. The lowest BCUT2D eigenvalue weighted by Gasteiger charge is -2.15. The lowest BCUT2D eigenvalue weighted by atomic mass is 10.2. The van der Waals surface area contributed by atoms with E-state index in [0.717, 1.165) is 0 Å². The number of hydrogen-bond acceptors (Lipinski definition) is 3. The number of nitrogens with one attached hydrogen (secondary N) is 1. The Morgan fingerprint density at radius 3 is 2.60 bits per heavy atom. The quantitative estimate of drug-likeness (QED) is 0.775. The number of nitrogens with zero attached hydrogens (tertiary/aromatic N) is 1. The zero-order chi connectivity index (χ0) is 11.6. The molecule has 5 nitrogen and oxygen atoms in total. The molecule has 1 heterocycles. The van der Waals surface area contributed by atoms with Crippen molar-refractivity contribution in [1.82, 2.24) is 4.57 Å². The van der Waals surface area contributed by atoms with Gasteiger partial charge in [-0.15, -0.1) is 0 Å². The summed E-state index contributed by atoms with van der Waals surface area (Å²) >= 11 is 0. The summed E-state index contributed by atoms with van der Waals surface area (Å²) in [6.07, 6.45) is 0. The van der Waals surface area contributed by atoms with Gasteiger partial charge in [0.15, 0.2) is 0 Å². The molecule has 15 heavy (non-hydrogen) atoms. The number of anilines is 1. The first kappa shape index (κ1) is 11.3. The minimum atomic E-state index is -1.02. The third kappa shape index (κ3) is 2.01. The van der Waals surface area contributed by atoms with Crippen molar-refractivity contribution in [2.75, 3.05) is 12.4 Å². The molecule has 0 radical (unpaired) electrons. The molecular formula is C10H14N2O3. The monoisotopic (exact) mass is 210 g/mol. The highest BCUT2D eigenvalue weighted by Gasteiger charge is 2.17. The Morgan fingerprint density at radius 1 is 1.53 bits per heavy atom. The molecule has 0 amide bonds. The first-order valence-electron chi connectivity index (χ1n) is 4.61. The third-order valence-electron chi connectivity index (χ3n) is 2.33. The summed E-state index contributed by atoms with van der Waals surface area (Å²) in [6, 6.07) is 2.50. The fourth-order valence-electron chi connectivity index (χ4n) is 1.43. The van der Waals surface area contributed by atoms with E-state index in [1.807, 2.05) is 0 Å². The molecule has 0 saturated carbocycles. The largest absolute Gasteiger partial charge is 0.480 e. The van der Waals surface area contributed by atoms with Crippen LogP contribution in [0.3, 0.4) is 0 Å². The molecule has 0 aliphatic rings. The highest BCUT2D eigenvalue weighted by Crippen LogP contribution is 2.09. The highest BCUT2D eigenvalue weighted by atomic mass is 16.4. The van der Waals surface area contributed by atoms with Crippen LogP contribution in [0, 0.1) is 6.92 Å². The molecule has 1 aromatic rings. The van der Waals surface area contributed by atoms with E-state index in [2.05, 4.69) is 5.32 Å². The maximum atomic E-state index is 11.8. The molecule has 1 aromatic heterocycles. The maximum absolute atomic E-state index is 11.8. The zero-order valence-corrected chi connectivity index (χ0v) is 8.94. The molecule has 1 rings (SSSR count). The predicted molar refractivity (Wildman–Crippen MR) is 57.3 cm³/mol. The minimum Gasteiger partial charge on any atom is -0.480 e. The second kappa shape index (κ2) is 4.16. The standard InChI is InChI=1S/C10H14N2O3/c1-6-4-5-8(11-3)9(13)12(6)7(2)10(14)15/h4-5,7,11H,1-3H3,(H,14,15). The molecule has 0 fully saturated rings. The molecule has 5 heteroatoms. The average Bonchev–Trinajstić information content (AvgIpc) is 2.17. The van der Waals surface area contributed by atoms with Gasteiger partial charge in [0.1, 0.15) is 11.7 Å². The van der Waals surface area contributed by atoms with E-state index in [-0.39, 0.29) is 5.56 Å². The smallest absolute Gasteiger partial charge is 0.326 e. The minimum absolute atomic E-state index is 0.313. The molecule has 0 saturated heterocycles. The van der Waals surface area contributed by atoms with E-state index in [9.17, 15) is 9.59 Å². The summed E-state index contributed by atoms with van der Waals surface area (Å²) in [5.41, 5.74) is 0.718. The molecule has 0 aliphatic heterocycles. The van der Waals surface area contributed by atoms with Gasteiger partial charge in [0, 0.05) is 12.7 Å². The van der Waals surface area contributed by atoms with Gasteiger partial charge in [0.25, 0.3) is 5.56 Å². The number of carbonyl (C=O) groups is 1. The summed E-state index contributed by atoms with van der Waals surface area (Å²) in [5, 5.41) is 11.6. The van der Waals surface area contributed by atoms with Crippen molar-refractivity contribution in [3.63, 3.8) is 0 Å². The molecule has 0 bridgehead atoms. The predicted octanol–water partition coefficient (Wildman–Crippen LogP) is 0.844. The van der Waals surface area contributed by atoms with Crippen LogP contribution in [0.15, 0.2) is 16.9 Å². The third-order valence-corrected chi connectivity index (χ3v) is 2.33. The van der Waals surface area contributed by atoms with E-state index in [0.29, 0.717) is 11.4 Å². The van der Waals surface area contributed by atoms with Crippen molar-refractivity contribution < 1.29 is 9.90 Å². The van der Waals surface area contributed by atoms with Gasteiger partial charge in [-0.25, -0.2) is 4.79 Å². The second-order valence-electron chi connectivity index (χ2n) is 3.33. The molecule has 2 N–H and O–H groups in total. The number of hydrogen-bond donors (Lipinski definition) is 2. The fraction of sp³-hybridized carbons (Fsp3) is 0.400. The van der Waals surface area contributed by atoms with Crippen LogP contribution in [-0.2, 0) is 4.79 Å². The van der Waals surface area contributed by atoms with Gasteiger partial charge in [-0.05, 0) is 26.0 Å². The van der Waals surface area contributed by atoms with Crippen LogP contribution < -0.4 is 10.9 Å². The Hall–Kier alpha value is -1.78. The molecule has 82 valence electrons. The van der Waals surface area contributed by atoms with Crippen LogP contribution in [0.1, 0.15) is 18.7 Å². The molecular weight excluding hydrogens is 196 g/mol. The van der Waals surface area contributed by atoms with E-state index in [4.69, 9.17) is 5.11 Å². The van der Waals surface area contributed by atoms with Crippen molar-refractivity contribution >= 4 is 11.7 Å². The Morgan fingerprint density at radius 2 is 2.13 bits per heavy atom. The van der Waals surface area contributed by atoms with Crippen LogP contribution in [0.25, 0.3) is 0 Å². The van der Waals surface area contributed by atoms with Crippen molar-refractivity contribution in [3.8, 4) is 0 Å². The number of aryl methyl sites for hydroxylation is 1. The number of carboxylic acids is 1. The number of carboxylic acid groups (broad SMARTS) is 1. The molecule has 1 atom stereocenters. The Kier molecular flexibility index (Phi) is 3.14. The van der Waals surface area contributed by atoms with Crippen LogP contribution >= 0.6 is 0 Å². The lowest BCUT2D eigenvalue weighted by Crippen LogP contribution is -2.30. The van der Waals surface area contributed by atoms with E-state index >= 15 is 0 Å². The molecule has 0 aromatic carbocycles. The lowest BCUT2D eigenvalue weighted by molar-refractivity contribution is -0.140. The van der Waals surface area contributed by atoms with E-state index in [1.165, 1.54) is 11.5 Å². The van der Waals surface area contributed by atoms with Gasteiger partial charge in [0.2, 0.25) is 0 Å².